The van der Waals surface area contributed by atoms with E-state index in [0.717, 1.165) is 22.0 Å². The normalized spacial score (nSPS) is 10.9. The lowest BCUT2D eigenvalue weighted by atomic mass is 10.1. The first-order chi connectivity index (χ1) is 12.0. The van der Waals surface area contributed by atoms with Crippen molar-refractivity contribution in [3.8, 4) is 6.07 Å². The molecule has 0 aromatic heterocycles. The van der Waals surface area contributed by atoms with Crippen LogP contribution >= 0.6 is 27.5 Å². The molecule has 0 saturated carbocycles. The molecular weight excluding hydrogens is 402 g/mol. The molecule has 0 fully saturated rings. The summed E-state index contributed by atoms with van der Waals surface area (Å²) in [5.74, 6) is -0.470. The third-order valence-electron chi connectivity index (χ3n) is 3.51. The minimum atomic E-state index is -0.470. The molecular formula is C19H17BrClN3O. The molecule has 25 heavy (non-hydrogen) atoms. The molecule has 4 nitrogen and oxygen atoms in total. The number of nitriles is 1. The van der Waals surface area contributed by atoms with Crippen molar-refractivity contribution in [1.82, 2.24) is 5.32 Å². The SMILES string of the molecule is Cc1ccc(Cl)cc1NC(=O)/C(C#N)=C\NCCc1cccc(Br)c1. The Bertz CT molecular complexity index is 843. The molecule has 0 bridgehead atoms. The number of carbonyl (C=O) groups is 1. The van der Waals surface area contributed by atoms with Crippen molar-refractivity contribution in [2.75, 3.05) is 11.9 Å². The molecule has 0 spiro atoms. The summed E-state index contributed by atoms with van der Waals surface area (Å²) in [5, 5.41) is 15.4. The molecule has 0 aliphatic rings. The van der Waals surface area contributed by atoms with Crippen LogP contribution in [-0.2, 0) is 11.2 Å². The number of nitrogens with zero attached hydrogens (tertiary/aromatic N) is 1. The van der Waals surface area contributed by atoms with Gasteiger partial charge in [0.2, 0.25) is 0 Å². The summed E-state index contributed by atoms with van der Waals surface area (Å²) >= 11 is 9.37. The van der Waals surface area contributed by atoms with Gasteiger partial charge in [-0.2, -0.15) is 5.26 Å². The Labute approximate surface area is 160 Å². The molecule has 2 rings (SSSR count). The minimum absolute atomic E-state index is 0.00798. The summed E-state index contributed by atoms with van der Waals surface area (Å²) in [4.78, 5) is 12.2. The fraction of sp³-hybridized carbons (Fsp3) is 0.158. The summed E-state index contributed by atoms with van der Waals surface area (Å²) in [6.07, 6.45) is 2.22. The third kappa shape index (κ3) is 5.93. The number of anilines is 1. The highest BCUT2D eigenvalue weighted by Crippen LogP contribution is 2.20. The van der Waals surface area contributed by atoms with E-state index in [-0.39, 0.29) is 5.57 Å². The van der Waals surface area contributed by atoms with Gasteiger partial charge in [0.1, 0.15) is 11.6 Å². The standard InChI is InChI=1S/C19H17BrClN3O/c1-13-5-6-17(21)10-18(13)24-19(25)15(11-22)12-23-8-7-14-3-2-4-16(20)9-14/h2-6,9-10,12,23H,7-8H2,1H3,(H,24,25)/b15-12-. The van der Waals surface area contributed by atoms with Crippen LogP contribution < -0.4 is 10.6 Å². The van der Waals surface area contributed by atoms with Crippen molar-refractivity contribution in [1.29, 1.82) is 5.26 Å². The molecule has 0 saturated heterocycles. The molecule has 0 aliphatic heterocycles. The lowest BCUT2D eigenvalue weighted by Gasteiger charge is -2.08. The largest absolute Gasteiger partial charge is 0.389 e. The monoisotopic (exact) mass is 417 g/mol. The summed E-state index contributed by atoms with van der Waals surface area (Å²) in [6.45, 7) is 2.48. The van der Waals surface area contributed by atoms with Gasteiger partial charge >= 0.3 is 0 Å². The lowest BCUT2D eigenvalue weighted by Crippen LogP contribution is -2.18. The van der Waals surface area contributed by atoms with E-state index in [1.54, 1.807) is 12.1 Å². The number of rotatable bonds is 6. The van der Waals surface area contributed by atoms with Crippen LogP contribution in [0.25, 0.3) is 0 Å². The number of hydrogen-bond donors (Lipinski definition) is 2. The van der Waals surface area contributed by atoms with E-state index in [1.807, 2.05) is 43.3 Å². The first-order valence-corrected chi connectivity index (χ1v) is 8.82. The number of benzene rings is 2. The molecule has 0 atom stereocenters. The van der Waals surface area contributed by atoms with Crippen LogP contribution in [0.3, 0.4) is 0 Å². The van der Waals surface area contributed by atoms with Gasteiger partial charge in [-0.3, -0.25) is 4.79 Å². The van der Waals surface area contributed by atoms with E-state index >= 15 is 0 Å². The number of carbonyl (C=O) groups excluding carboxylic acids is 1. The average Bonchev–Trinajstić information content (AvgIpc) is 2.58. The summed E-state index contributed by atoms with van der Waals surface area (Å²) < 4.78 is 1.02. The molecule has 0 aliphatic carbocycles. The minimum Gasteiger partial charge on any atom is -0.389 e. The highest BCUT2D eigenvalue weighted by atomic mass is 79.9. The van der Waals surface area contributed by atoms with Crippen molar-refractivity contribution < 1.29 is 4.79 Å². The van der Waals surface area contributed by atoms with Gasteiger partial charge in [-0.15, -0.1) is 0 Å². The van der Waals surface area contributed by atoms with E-state index in [2.05, 4.69) is 26.6 Å². The molecule has 1 amide bonds. The number of aryl methyl sites for hydroxylation is 1. The van der Waals surface area contributed by atoms with E-state index < -0.39 is 5.91 Å². The van der Waals surface area contributed by atoms with Crippen LogP contribution in [0.1, 0.15) is 11.1 Å². The summed E-state index contributed by atoms with van der Waals surface area (Å²) in [5.41, 5.74) is 2.63. The van der Waals surface area contributed by atoms with Crippen molar-refractivity contribution in [3.63, 3.8) is 0 Å². The Kier molecular flexibility index (Phi) is 7.05. The number of amides is 1. The van der Waals surface area contributed by atoms with Crippen LogP contribution in [0.5, 0.6) is 0 Å². The second-order valence-corrected chi connectivity index (χ2v) is 6.77. The zero-order valence-corrected chi connectivity index (χ0v) is 16.0. The molecule has 2 aromatic rings. The summed E-state index contributed by atoms with van der Waals surface area (Å²) in [6, 6.07) is 15.1. The van der Waals surface area contributed by atoms with Gasteiger partial charge in [0.05, 0.1) is 0 Å². The maximum atomic E-state index is 12.2. The van der Waals surface area contributed by atoms with Gasteiger partial charge in [0.25, 0.3) is 5.91 Å². The molecule has 0 radical (unpaired) electrons. The van der Waals surface area contributed by atoms with E-state index in [1.165, 1.54) is 6.20 Å². The van der Waals surface area contributed by atoms with Gasteiger partial charge in [-0.25, -0.2) is 0 Å². The van der Waals surface area contributed by atoms with E-state index in [9.17, 15) is 10.1 Å². The van der Waals surface area contributed by atoms with E-state index in [4.69, 9.17) is 11.6 Å². The third-order valence-corrected chi connectivity index (χ3v) is 4.23. The molecule has 128 valence electrons. The quantitative estimate of drug-likeness (QED) is 0.410. The van der Waals surface area contributed by atoms with Crippen LogP contribution in [-0.4, -0.2) is 12.5 Å². The Balaban J connectivity index is 1.94. The molecule has 6 heteroatoms. The predicted molar refractivity (Wildman–Crippen MR) is 104 cm³/mol. The Morgan fingerprint density at radius 1 is 1.32 bits per heavy atom. The topological polar surface area (TPSA) is 64.9 Å². The van der Waals surface area contributed by atoms with Gasteiger partial charge in [-0.05, 0) is 48.7 Å². The average molecular weight is 419 g/mol. The lowest BCUT2D eigenvalue weighted by molar-refractivity contribution is -0.112. The summed E-state index contributed by atoms with van der Waals surface area (Å²) in [7, 11) is 0. The maximum Gasteiger partial charge on any atom is 0.267 e. The smallest absolute Gasteiger partial charge is 0.267 e. The van der Waals surface area contributed by atoms with Crippen molar-refractivity contribution in [2.45, 2.75) is 13.3 Å². The van der Waals surface area contributed by atoms with Crippen molar-refractivity contribution >= 4 is 39.1 Å². The van der Waals surface area contributed by atoms with Gasteiger partial charge in [0.15, 0.2) is 0 Å². The zero-order valence-electron chi connectivity index (χ0n) is 13.6. The fourth-order valence-corrected chi connectivity index (χ4v) is 2.77. The zero-order chi connectivity index (χ0) is 18.2. The highest BCUT2D eigenvalue weighted by molar-refractivity contribution is 9.10. The molecule has 2 aromatic carbocycles. The number of hydrogen-bond acceptors (Lipinski definition) is 3. The first-order valence-electron chi connectivity index (χ1n) is 7.65. The van der Waals surface area contributed by atoms with Crippen molar-refractivity contribution in [2.24, 2.45) is 0 Å². The fourth-order valence-electron chi connectivity index (χ4n) is 2.15. The Morgan fingerprint density at radius 2 is 2.12 bits per heavy atom. The molecule has 2 N–H and O–H groups in total. The molecule has 0 unspecified atom stereocenters. The van der Waals surface area contributed by atoms with Crippen LogP contribution in [0.15, 0.2) is 58.7 Å². The van der Waals surface area contributed by atoms with Crippen LogP contribution in [0, 0.1) is 18.3 Å². The van der Waals surface area contributed by atoms with Crippen LogP contribution in [0.2, 0.25) is 5.02 Å². The van der Waals surface area contributed by atoms with Gasteiger partial charge in [0, 0.05) is 27.9 Å². The predicted octanol–water partition coefficient (Wildman–Crippen LogP) is 4.59. The molecule has 0 heterocycles. The Morgan fingerprint density at radius 3 is 2.84 bits per heavy atom. The number of nitrogens with one attached hydrogen (secondary N) is 2. The second-order valence-electron chi connectivity index (χ2n) is 5.42. The number of halogens is 2. The van der Waals surface area contributed by atoms with Gasteiger partial charge < -0.3 is 10.6 Å². The first kappa shape index (κ1) is 19.0. The van der Waals surface area contributed by atoms with Crippen LogP contribution in [0.4, 0.5) is 5.69 Å². The van der Waals surface area contributed by atoms with Crippen molar-refractivity contribution in [3.05, 3.63) is 74.9 Å². The second kappa shape index (κ2) is 9.26. The van der Waals surface area contributed by atoms with Gasteiger partial charge in [-0.1, -0.05) is 45.7 Å². The van der Waals surface area contributed by atoms with E-state index in [0.29, 0.717) is 17.3 Å². The Hall–Kier alpha value is -2.29. The highest BCUT2D eigenvalue weighted by Gasteiger charge is 2.10. The maximum absolute atomic E-state index is 12.2.